The molecule has 2 aromatic rings. The summed E-state index contributed by atoms with van der Waals surface area (Å²) in [6, 6.07) is 8.48. The zero-order chi connectivity index (χ0) is 15.6. The van der Waals surface area contributed by atoms with Crippen molar-refractivity contribution in [2.75, 3.05) is 0 Å². The summed E-state index contributed by atoms with van der Waals surface area (Å²) in [5.74, 6) is -0.0509. The summed E-state index contributed by atoms with van der Waals surface area (Å²) in [5, 5.41) is 20.4. The third kappa shape index (κ3) is 3.17. The van der Waals surface area contributed by atoms with Gasteiger partial charge >= 0.3 is 0 Å². The van der Waals surface area contributed by atoms with Gasteiger partial charge in [0, 0.05) is 11.6 Å². The van der Waals surface area contributed by atoms with Crippen molar-refractivity contribution >= 4 is 5.69 Å². The minimum absolute atomic E-state index is 0.0164. The molecule has 0 bridgehead atoms. The minimum Gasteiger partial charge on any atom is -0.457 e. The van der Waals surface area contributed by atoms with Crippen LogP contribution in [0.15, 0.2) is 36.4 Å². The smallest absolute Gasteiger partial charge is 0.272 e. The van der Waals surface area contributed by atoms with Crippen LogP contribution in [-0.2, 0) is 0 Å². The van der Waals surface area contributed by atoms with E-state index in [1.165, 1.54) is 43.3 Å². The van der Waals surface area contributed by atoms with Crippen molar-refractivity contribution in [1.82, 2.24) is 0 Å². The Morgan fingerprint density at radius 1 is 1.33 bits per heavy atom. The molecule has 1 N–H and O–H groups in total. The lowest BCUT2D eigenvalue weighted by Crippen LogP contribution is -2.00. The summed E-state index contributed by atoms with van der Waals surface area (Å²) in [7, 11) is 0. The largest absolute Gasteiger partial charge is 0.457 e. The summed E-state index contributed by atoms with van der Waals surface area (Å²) >= 11 is 0. The van der Waals surface area contributed by atoms with E-state index in [1.54, 1.807) is 6.92 Å². The highest BCUT2D eigenvalue weighted by molar-refractivity contribution is 5.47. The molecule has 0 saturated heterocycles. The van der Waals surface area contributed by atoms with E-state index in [0.29, 0.717) is 11.3 Å². The average molecular weight is 291 g/mol. The van der Waals surface area contributed by atoms with E-state index >= 15 is 0 Å². The molecule has 0 spiro atoms. The summed E-state index contributed by atoms with van der Waals surface area (Å²) in [4.78, 5) is 10.3. The molecule has 5 nitrogen and oxygen atoms in total. The molecule has 0 aliphatic rings. The van der Waals surface area contributed by atoms with Crippen LogP contribution in [0.3, 0.4) is 0 Å². The van der Waals surface area contributed by atoms with Crippen LogP contribution in [0.25, 0.3) is 0 Å². The van der Waals surface area contributed by atoms with Gasteiger partial charge in [0.25, 0.3) is 5.69 Å². The first kappa shape index (κ1) is 14.9. The fourth-order valence-electron chi connectivity index (χ4n) is 2.03. The van der Waals surface area contributed by atoms with E-state index in [9.17, 15) is 19.6 Å². The van der Waals surface area contributed by atoms with Crippen LogP contribution in [-0.4, -0.2) is 10.0 Å². The van der Waals surface area contributed by atoms with Gasteiger partial charge in [-0.1, -0.05) is 6.07 Å². The monoisotopic (exact) mass is 291 g/mol. The molecule has 2 aromatic carbocycles. The van der Waals surface area contributed by atoms with E-state index in [0.717, 1.165) is 0 Å². The van der Waals surface area contributed by atoms with Gasteiger partial charge in [0.1, 0.15) is 17.3 Å². The highest BCUT2D eigenvalue weighted by Gasteiger charge is 2.16. The van der Waals surface area contributed by atoms with Crippen LogP contribution < -0.4 is 4.74 Å². The molecule has 1 atom stereocenters. The Bertz CT molecular complexity index is 685. The molecule has 0 fully saturated rings. The minimum atomic E-state index is -1.03. The van der Waals surface area contributed by atoms with Gasteiger partial charge in [0.15, 0.2) is 0 Å². The van der Waals surface area contributed by atoms with Crippen LogP contribution >= 0.6 is 0 Å². The van der Waals surface area contributed by atoms with Gasteiger partial charge < -0.3 is 9.84 Å². The summed E-state index contributed by atoms with van der Waals surface area (Å²) in [5.41, 5.74) is 0.471. The number of aliphatic hydroxyl groups is 1. The van der Waals surface area contributed by atoms with Gasteiger partial charge in [-0.15, -0.1) is 0 Å². The predicted octanol–water partition coefficient (Wildman–Crippen LogP) is 3.89. The number of benzene rings is 2. The zero-order valence-electron chi connectivity index (χ0n) is 11.5. The number of nitrogens with zero attached hydrogens (tertiary/aromatic N) is 1. The van der Waals surface area contributed by atoms with Gasteiger partial charge in [-0.2, -0.15) is 0 Å². The Labute approximate surface area is 120 Å². The lowest BCUT2D eigenvalue weighted by molar-refractivity contribution is -0.385. The molecule has 6 heteroatoms. The summed E-state index contributed by atoms with van der Waals surface area (Å²) in [6.07, 6.45) is -1.03. The molecule has 110 valence electrons. The number of aryl methyl sites for hydroxylation is 1. The highest BCUT2D eigenvalue weighted by atomic mass is 19.1. The van der Waals surface area contributed by atoms with Gasteiger partial charge in [0.05, 0.1) is 16.6 Å². The normalized spacial score (nSPS) is 12.0. The molecule has 0 heterocycles. The van der Waals surface area contributed by atoms with Crippen molar-refractivity contribution in [3.63, 3.8) is 0 Å². The second-order valence-electron chi connectivity index (χ2n) is 4.64. The molecule has 0 unspecified atom stereocenters. The molecule has 2 rings (SSSR count). The van der Waals surface area contributed by atoms with E-state index in [2.05, 4.69) is 0 Å². The second-order valence-corrected chi connectivity index (χ2v) is 4.64. The van der Waals surface area contributed by atoms with Crippen LogP contribution in [0.1, 0.15) is 24.2 Å². The third-order valence-corrected chi connectivity index (χ3v) is 3.02. The standard InChI is InChI=1S/C15H14FNO4/c1-9-8-11(6-7-13(9)17(19)20)21-14-5-3-4-12(16)15(14)10(2)18/h3-8,10,18H,1-2H3/t10-/m1/s1. The van der Waals surface area contributed by atoms with Crippen molar-refractivity contribution in [2.24, 2.45) is 0 Å². The Morgan fingerprint density at radius 3 is 2.62 bits per heavy atom. The van der Waals surface area contributed by atoms with Crippen LogP contribution in [0.2, 0.25) is 0 Å². The van der Waals surface area contributed by atoms with Crippen molar-refractivity contribution < 1.29 is 19.2 Å². The molecule has 0 aliphatic carbocycles. The van der Waals surface area contributed by atoms with Crippen LogP contribution in [0.5, 0.6) is 11.5 Å². The van der Waals surface area contributed by atoms with Crippen molar-refractivity contribution in [3.05, 3.63) is 63.5 Å². The van der Waals surface area contributed by atoms with Crippen molar-refractivity contribution in [1.29, 1.82) is 0 Å². The maximum atomic E-state index is 13.7. The maximum Gasteiger partial charge on any atom is 0.272 e. The molecule has 0 saturated carbocycles. The number of hydrogen-bond acceptors (Lipinski definition) is 4. The first-order valence-electron chi connectivity index (χ1n) is 6.29. The van der Waals surface area contributed by atoms with E-state index in [-0.39, 0.29) is 17.0 Å². The Kier molecular flexibility index (Phi) is 4.18. The van der Waals surface area contributed by atoms with E-state index < -0.39 is 16.8 Å². The lowest BCUT2D eigenvalue weighted by Gasteiger charge is -2.14. The van der Waals surface area contributed by atoms with Gasteiger partial charge in [0.2, 0.25) is 0 Å². The van der Waals surface area contributed by atoms with Crippen molar-refractivity contribution in [2.45, 2.75) is 20.0 Å². The Morgan fingerprint density at radius 2 is 2.05 bits per heavy atom. The molecule has 0 aliphatic heterocycles. The van der Waals surface area contributed by atoms with Gasteiger partial charge in [-0.3, -0.25) is 10.1 Å². The van der Waals surface area contributed by atoms with Crippen LogP contribution in [0, 0.1) is 22.9 Å². The molecule has 0 amide bonds. The Hall–Kier alpha value is -2.47. The first-order valence-corrected chi connectivity index (χ1v) is 6.29. The molecule has 0 radical (unpaired) electrons. The number of hydrogen-bond donors (Lipinski definition) is 1. The highest BCUT2D eigenvalue weighted by Crippen LogP contribution is 2.33. The van der Waals surface area contributed by atoms with E-state index in [4.69, 9.17) is 4.74 Å². The first-order chi connectivity index (χ1) is 9.90. The quantitative estimate of drug-likeness (QED) is 0.685. The molecular formula is C15H14FNO4. The molecule has 21 heavy (non-hydrogen) atoms. The summed E-state index contributed by atoms with van der Waals surface area (Å²) in [6.45, 7) is 3.03. The Balaban J connectivity index is 2.37. The fourth-order valence-corrected chi connectivity index (χ4v) is 2.03. The number of halogens is 1. The number of nitro benzene ring substituents is 1. The summed E-state index contributed by atoms with van der Waals surface area (Å²) < 4.78 is 19.3. The molecule has 0 aromatic heterocycles. The SMILES string of the molecule is Cc1cc(Oc2cccc(F)c2[C@@H](C)O)ccc1[N+](=O)[O-]. The number of aliphatic hydroxyl groups excluding tert-OH is 1. The third-order valence-electron chi connectivity index (χ3n) is 3.02. The van der Waals surface area contributed by atoms with Gasteiger partial charge in [-0.05, 0) is 38.1 Å². The second kappa shape index (κ2) is 5.88. The van der Waals surface area contributed by atoms with Gasteiger partial charge in [-0.25, -0.2) is 4.39 Å². The zero-order valence-corrected chi connectivity index (χ0v) is 11.5. The number of nitro groups is 1. The predicted molar refractivity (Wildman–Crippen MR) is 74.9 cm³/mol. The van der Waals surface area contributed by atoms with E-state index in [1.807, 2.05) is 0 Å². The topological polar surface area (TPSA) is 72.6 Å². The molecular weight excluding hydrogens is 277 g/mol. The lowest BCUT2D eigenvalue weighted by atomic mass is 10.1. The van der Waals surface area contributed by atoms with Crippen molar-refractivity contribution in [3.8, 4) is 11.5 Å². The van der Waals surface area contributed by atoms with Crippen LogP contribution in [0.4, 0.5) is 10.1 Å². The fraction of sp³-hybridized carbons (Fsp3) is 0.200. The number of rotatable bonds is 4. The average Bonchev–Trinajstić information content (AvgIpc) is 2.37. The maximum absolute atomic E-state index is 13.7. The number of ether oxygens (including phenoxy) is 1.